The molecule has 2 nitrogen and oxygen atoms in total. The Morgan fingerprint density at radius 2 is 2.00 bits per heavy atom. The standard InChI is InChI=1S/ClH.Ir.H2O.O/h1H;;1H2;/q;+2;;/p-2. The normalized spacial score (nSPS) is 11.0. The predicted molar refractivity (Wildman–Crippen MR) is 8.76 cm³/mol. The zero-order chi connectivity index (χ0) is 3.58. The van der Waals surface area contributed by atoms with E-state index in [0.29, 0.717) is 0 Å². The minimum absolute atomic E-state index is 3.11. The first-order chi connectivity index (χ1) is 1.73. The number of rotatable bonds is 0. The van der Waals surface area contributed by atoms with E-state index in [1.54, 1.807) is 0 Å². The molecule has 0 bridgehead atoms. The van der Waals surface area contributed by atoms with Gasteiger partial charge in [0.25, 0.3) is 0 Å². The fourth-order valence-corrected chi connectivity index (χ4v) is 0. The van der Waals surface area contributed by atoms with Gasteiger partial charge in [0.1, 0.15) is 0 Å². The summed E-state index contributed by atoms with van der Waals surface area (Å²) in [6.45, 7) is 0. The molecule has 0 aliphatic heterocycles. The molecule has 0 aromatic rings. The second-order valence-electron chi connectivity index (χ2n) is 0.169. The van der Waals surface area contributed by atoms with E-state index in [9.17, 15) is 0 Å². The van der Waals surface area contributed by atoms with Crippen LogP contribution in [0.4, 0.5) is 0 Å². The van der Waals surface area contributed by atoms with Crippen LogP contribution in [0.1, 0.15) is 0 Å². The van der Waals surface area contributed by atoms with Crippen molar-refractivity contribution in [1.82, 2.24) is 0 Å². The van der Waals surface area contributed by atoms with Gasteiger partial charge in [0.15, 0.2) is 0 Å². The van der Waals surface area contributed by atoms with Crippen molar-refractivity contribution in [1.29, 1.82) is 0 Å². The molecular weight excluding hydrogens is 260 g/mol. The van der Waals surface area contributed by atoms with Gasteiger partial charge in [-0.2, -0.15) is 0 Å². The molecule has 4 heteroatoms. The molecule has 0 saturated carbocycles. The summed E-state index contributed by atoms with van der Waals surface area (Å²) in [6.07, 6.45) is 0. The van der Waals surface area contributed by atoms with Crippen molar-refractivity contribution < 1.29 is 23.2 Å². The van der Waals surface area contributed by atoms with E-state index >= 15 is 0 Å². The molecule has 29 valence electrons. The Morgan fingerprint density at radius 3 is 2.00 bits per heavy atom. The van der Waals surface area contributed by atoms with E-state index in [1.807, 2.05) is 0 Å². The molecule has 4 heavy (non-hydrogen) atoms. The third kappa shape index (κ3) is 15.9. The van der Waals surface area contributed by atoms with Crippen molar-refractivity contribution in [2.75, 3.05) is 0 Å². The summed E-state index contributed by atoms with van der Waals surface area (Å²) < 4.78 is 16.4. The number of halogens is 1. The zero-order valence-electron chi connectivity index (χ0n) is 1.57. The number of hydrogen-bond donors (Lipinski definition) is 1. The van der Waals surface area contributed by atoms with E-state index in [-0.39, 0.29) is 0 Å². The van der Waals surface area contributed by atoms with Gasteiger partial charge in [-0.3, -0.25) is 0 Å². The van der Waals surface area contributed by atoms with Crippen molar-refractivity contribution in [3.63, 3.8) is 0 Å². The molecule has 0 radical (unpaired) electrons. The Balaban J connectivity index is 2.80. The molecule has 0 amide bonds. The van der Waals surface area contributed by atoms with Crippen molar-refractivity contribution in [3.8, 4) is 0 Å². The third-order valence-electron chi connectivity index (χ3n) is 0. The van der Waals surface area contributed by atoms with Crippen molar-refractivity contribution in [3.05, 3.63) is 0 Å². The summed E-state index contributed by atoms with van der Waals surface area (Å²) in [5, 5.41) is 0. The van der Waals surface area contributed by atoms with Crippen molar-refractivity contribution in [2.24, 2.45) is 0 Å². The Bertz CT molecular complexity index is 29.0. The second-order valence-corrected chi connectivity index (χ2v) is 3.14. The molecule has 0 fully saturated rings. The Kier molecular flexibility index (Phi) is 2.31. The molecular formula is HClIrO2. The molecule has 0 aliphatic rings. The van der Waals surface area contributed by atoms with E-state index in [0.717, 1.165) is 0 Å². The molecule has 0 aromatic carbocycles. The summed E-state index contributed by atoms with van der Waals surface area (Å²) >= 11 is -3.11. The summed E-state index contributed by atoms with van der Waals surface area (Å²) in [7, 11) is 4.44. The average molecular weight is 261 g/mol. The van der Waals surface area contributed by atoms with Gasteiger partial charge >= 0.3 is 32.8 Å². The first-order valence-electron chi connectivity index (χ1n) is 0.411. The molecule has 0 atom stereocenters. The fourth-order valence-electron chi connectivity index (χ4n) is 0. The second kappa shape index (κ2) is 1.97. The average Bonchev–Trinajstić information content (AvgIpc) is 0.811. The summed E-state index contributed by atoms with van der Waals surface area (Å²) in [4.78, 5) is 0. The first kappa shape index (κ1) is 4.70. The number of hydrogen-bond acceptors (Lipinski definition) is 1. The molecule has 0 heterocycles. The van der Waals surface area contributed by atoms with Gasteiger partial charge < -0.3 is 0 Å². The van der Waals surface area contributed by atoms with Gasteiger partial charge in [0.05, 0.1) is 0 Å². The van der Waals surface area contributed by atoms with Gasteiger partial charge in [-0.15, -0.1) is 0 Å². The summed E-state index contributed by atoms with van der Waals surface area (Å²) in [6, 6.07) is 0. The van der Waals surface area contributed by atoms with E-state index < -0.39 is 15.8 Å². The van der Waals surface area contributed by atoms with Crippen molar-refractivity contribution >= 4 is 9.58 Å². The van der Waals surface area contributed by atoms with E-state index in [4.69, 9.17) is 7.37 Å². The van der Waals surface area contributed by atoms with Gasteiger partial charge in [0.2, 0.25) is 0 Å². The molecule has 0 spiro atoms. The first-order valence-corrected chi connectivity index (χ1v) is 5.43. The molecule has 0 rings (SSSR count). The van der Waals surface area contributed by atoms with Crippen LogP contribution in [-0.4, -0.2) is 3.86 Å². The maximum absolute atomic E-state index is 9.02. The molecule has 0 unspecified atom stereocenters. The quantitative estimate of drug-likeness (QED) is 0.666. The summed E-state index contributed by atoms with van der Waals surface area (Å²) in [5.74, 6) is 0. The van der Waals surface area contributed by atoms with Gasteiger partial charge in [0, 0.05) is 0 Å². The van der Waals surface area contributed by atoms with Crippen LogP contribution in [0.2, 0.25) is 0 Å². The molecule has 1 N–H and O–H groups in total. The SMILES string of the molecule is [O]=[Ir]([OH])[Cl]. The predicted octanol–water partition coefficient (Wildman–Crippen LogP) is 0.0112. The van der Waals surface area contributed by atoms with Crippen LogP contribution in [0.5, 0.6) is 0 Å². The molecule has 0 aromatic heterocycles. The summed E-state index contributed by atoms with van der Waals surface area (Å²) in [5.41, 5.74) is 0. The van der Waals surface area contributed by atoms with Crippen molar-refractivity contribution in [2.45, 2.75) is 0 Å². The minimum atomic E-state index is -3.11. The zero-order valence-corrected chi connectivity index (χ0v) is 4.72. The topological polar surface area (TPSA) is 37.3 Å². The van der Waals surface area contributed by atoms with Gasteiger partial charge in [-0.25, -0.2) is 0 Å². The molecule has 0 saturated heterocycles. The third-order valence-corrected chi connectivity index (χ3v) is 0. The van der Waals surface area contributed by atoms with Crippen LogP contribution in [-0.2, 0) is 19.3 Å². The Hall–Kier alpha value is 0.699. The Labute approximate surface area is 33.3 Å². The maximum atomic E-state index is 9.02. The van der Waals surface area contributed by atoms with Crippen LogP contribution < -0.4 is 0 Å². The van der Waals surface area contributed by atoms with E-state index in [1.165, 1.54) is 0 Å². The van der Waals surface area contributed by atoms with Crippen LogP contribution in [0.25, 0.3) is 0 Å². The van der Waals surface area contributed by atoms with Crippen LogP contribution in [0.3, 0.4) is 0 Å². The van der Waals surface area contributed by atoms with Gasteiger partial charge in [-0.1, -0.05) is 0 Å². The van der Waals surface area contributed by atoms with Crippen LogP contribution in [0.15, 0.2) is 0 Å². The van der Waals surface area contributed by atoms with Crippen LogP contribution in [0, 0.1) is 0 Å². The van der Waals surface area contributed by atoms with E-state index in [2.05, 4.69) is 9.58 Å². The Morgan fingerprint density at radius 1 is 2.00 bits per heavy atom. The fraction of sp³-hybridized carbons (Fsp3) is 0. The van der Waals surface area contributed by atoms with Gasteiger partial charge in [-0.05, 0) is 0 Å². The van der Waals surface area contributed by atoms with Crippen LogP contribution >= 0.6 is 9.58 Å². The molecule has 0 aliphatic carbocycles. The monoisotopic (exact) mass is 261 g/mol.